The summed E-state index contributed by atoms with van der Waals surface area (Å²) in [6.07, 6.45) is 3.26. The van der Waals surface area contributed by atoms with Crippen molar-refractivity contribution >= 4 is 5.91 Å². The third-order valence-corrected chi connectivity index (χ3v) is 3.02. The van der Waals surface area contributed by atoms with Gasteiger partial charge in [-0.05, 0) is 19.4 Å². The van der Waals surface area contributed by atoms with Crippen LogP contribution in [0.25, 0.3) is 0 Å². The molecular weight excluding hydrogens is 208 g/mol. The van der Waals surface area contributed by atoms with Gasteiger partial charge < -0.3 is 20.1 Å². The second-order valence-corrected chi connectivity index (χ2v) is 4.32. The molecule has 0 aromatic carbocycles. The predicted molar refractivity (Wildman–Crippen MR) is 59.2 cm³/mol. The number of carbonyl (C=O) groups excluding carboxylic acids is 1. The topological polar surface area (TPSA) is 59.6 Å². The highest BCUT2D eigenvalue weighted by Crippen LogP contribution is 2.07. The Balaban J connectivity index is 1.65. The van der Waals surface area contributed by atoms with Gasteiger partial charge in [0.05, 0.1) is 32.0 Å². The van der Waals surface area contributed by atoms with Crippen LogP contribution in [-0.4, -0.2) is 51.0 Å². The summed E-state index contributed by atoms with van der Waals surface area (Å²) in [4.78, 5) is 11.8. The van der Waals surface area contributed by atoms with Crippen LogP contribution in [0.2, 0.25) is 0 Å². The van der Waals surface area contributed by atoms with Crippen LogP contribution in [-0.2, 0) is 14.3 Å². The Morgan fingerprint density at radius 3 is 3.00 bits per heavy atom. The van der Waals surface area contributed by atoms with Crippen molar-refractivity contribution in [2.45, 2.75) is 31.4 Å². The zero-order valence-electron chi connectivity index (χ0n) is 9.54. The van der Waals surface area contributed by atoms with Crippen LogP contribution < -0.4 is 10.6 Å². The summed E-state index contributed by atoms with van der Waals surface area (Å²) in [7, 11) is 0. The van der Waals surface area contributed by atoms with Gasteiger partial charge in [0.15, 0.2) is 0 Å². The van der Waals surface area contributed by atoms with E-state index in [1.807, 2.05) is 0 Å². The van der Waals surface area contributed by atoms with Gasteiger partial charge >= 0.3 is 0 Å². The van der Waals surface area contributed by atoms with Crippen LogP contribution in [0.1, 0.15) is 19.3 Å². The summed E-state index contributed by atoms with van der Waals surface area (Å²) in [6, 6.07) is -0.0155. The van der Waals surface area contributed by atoms with E-state index in [9.17, 15) is 4.79 Å². The quantitative estimate of drug-likeness (QED) is 0.694. The Morgan fingerprint density at radius 2 is 2.31 bits per heavy atom. The standard InChI is InChI=1S/C11H20N2O3/c14-11(10-3-1-2-4-12-10)13-7-9-8-15-5-6-16-9/h9-10,12H,1-8H2,(H,13,14)/t9?,10-/m0/s1. The molecule has 5 heteroatoms. The van der Waals surface area contributed by atoms with E-state index in [2.05, 4.69) is 10.6 Å². The van der Waals surface area contributed by atoms with Crippen molar-refractivity contribution in [2.24, 2.45) is 0 Å². The van der Waals surface area contributed by atoms with E-state index < -0.39 is 0 Å². The van der Waals surface area contributed by atoms with Crippen LogP contribution in [0.3, 0.4) is 0 Å². The molecule has 2 heterocycles. The molecule has 2 aliphatic rings. The summed E-state index contributed by atoms with van der Waals surface area (Å²) in [5, 5.41) is 6.14. The van der Waals surface area contributed by atoms with Gasteiger partial charge in [0, 0.05) is 6.54 Å². The minimum Gasteiger partial charge on any atom is -0.376 e. The lowest BCUT2D eigenvalue weighted by atomic mass is 10.0. The SMILES string of the molecule is O=C(NCC1COCCO1)[C@@H]1CCCCN1. The molecule has 1 amide bonds. The largest absolute Gasteiger partial charge is 0.376 e. The van der Waals surface area contributed by atoms with E-state index in [0.717, 1.165) is 19.4 Å². The van der Waals surface area contributed by atoms with Crippen molar-refractivity contribution in [3.63, 3.8) is 0 Å². The molecule has 0 bridgehead atoms. The van der Waals surface area contributed by atoms with Gasteiger partial charge in [0.1, 0.15) is 0 Å². The molecule has 2 N–H and O–H groups in total. The molecule has 0 aromatic rings. The molecule has 5 nitrogen and oxygen atoms in total. The van der Waals surface area contributed by atoms with Gasteiger partial charge in [-0.3, -0.25) is 4.79 Å². The Hall–Kier alpha value is -0.650. The van der Waals surface area contributed by atoms with Crippen molar-refractivity contribution in [3.05, 3.63) is 0 Å². The minimum atomic E-state index is -0.0155. The van der Waals surface area contributed by atoms with Crippen LogP contribution in [0, 0.1) is 0 Å². The number of hydrogen-bond acceptors (Lipinski definition) is 4. The minimum absolute atomic E-state index is 0.0151. The van der Waals surface area contributed by atoms with Gasteiger partial charge in [-0.1, -0.05) is 6.42 Å². The number of piperidine rings is 1. The van der Waals surface area contributed by atoms with Gasteiger partial charge in [0.25, 0.3) is 0 Å². The van der Waals surface area contributed by atoms with E-state index in [0.29, 0.717) is 26.4 Å². The first-order chi connectivity index (χ1) is 7.86. The highest BCUT2D eigenvalue weighted by Gasteiger charge is 2.22. The number of nitrogens with one attached hydrogen (secondary N) is 2. The maximum atomic E-state index is 11.8. The first-order valence-electron chi connectivity index (χ1n) is 6.07. The van der Waals surface area contributed by atoms with Gasteiger partial charge in [0.2, 0.25) is 5.91 Å². The number of rotatable bonds is 3. The lowest BCUT2D eigenvalue weighted by molar-refractivity contribution is -0.126. The van der Waals surface area contributed by atoms with Crippen molar-refractivity contribution < 1.29 is 14.3 Å². The van der Waals surface area contributed by atoms with E-state index in [1.54, 1.807) is 0 Å². The maximum Gasteiger partial charge on any atom is 0.237 e. The average molecular weight is 228 g/mol. The highest BCUT2D eigenvalue weighted by atomic mass is 16.6. The summed E-state index contributed by atoms with van der Waals surface area (Å²) >= 11 is 0. The molecule has 0 radical (unpaired) electrons. The number of ether oxygens (including phenoxy) is 2. The fraction of sp³-hybridized carbons (Fsp3) is 0.909. The molecule has 2 aliphatic heterocycles. The zero-order valence-corrected chi connectivity index (χ0v) is 9.54. The molecule has 0 aromatic heterocycles. The molecule has 2 rings (SSSR count). The number of hydrogen-bond donors (Lipinski definition) is 2. The molecule has 2 atom stereocenters. The third kappa shape index (κ3) is 3.43. The predicted octanol–water partition coefficient (Wildman–Crippen LogP) is -0.340. The molecule has 92 valence electrons. The third-order valence-electron chi connectivity index (χ3n) is 3.02. The van der Waals surface area contributed by atoms with Crippen LogP contribution >= 0.6 is 0 Å². The fourth-order valence-electron chi connectivity index (χ4n) is 2.07. The molecule has 1 unspecified atom stereocenters. The zero-order chi connectivity index (χ0) is 11.2. The second kappa shape index (κ2) is 6.18. The van der Waals surface area contributed by atoms with Crippen molar-refractivity contribution in [2.75, 3.05) is 32.9 Å². The van der Waals surface area contributed by atoms with Gasteiger partial charge in [-0.25, -0.2) is 0 Å². The highest BCUT2D eigenvalue weighted by molar-refractivity contribution is 5.81. The number of amides is 1. The van der Waals surface area contributed by atoms with Crippen LogP contribution in [0.4, 0.5) is 0 Å². The summed E-state index contributed by atoms with van der Waals surface area (Å²) < 4.78 is 10.7. The van der Waals surface area contributed by atoms with Gasteiger partial charge in [-0.15, -0.1) is 0 Å². The fourth-order valence-corrected chi connectivity index (χ4v) is 2.07. The Morgan fingerprint density at radius 1 is 1.38 bits per heavy atom. The monoisotopic (exact) mass is 228 g/mol. The van der Waals surface area contributed by atoms with Crippen molar-refractivity contribution in [1.82, 2.24) is 10.6 Å². The molecule has 16 heavy (non-hydrogen) atoms. The molecule has 0 spiro atoms. The van der Waals surface area contributed by atoms with E-state index in [4.69, 9.17) is 9.47 Å². The molecular formula is C11H20N2O3. The summed E-state index contributed by atoms with van der Waals surface area (Å²) in [5.41, 5.74) is 0. The smallest absolute Gasteiger partial charge is 0.237 e. The summed E-state index contributed by atoms with van der Waals surface area (Å²) in [6.45, 7) is 3.37. The maximum absolute atomic E-state index is 11.8. The average Bonchev–Trinajstić information content (AvgIpc) is 2.38. The molecule has 0 aliphatic carbocycles. The van der Waals surface area contributed by atoms with Gasteiger partial charge in [-0.2, -0.15) is 0 Å². The van der Waals surface area contributed by atoms with Crippen LogP contribution in [0.5, 0.6) is 0 Å². The van der Waals surface area contributed by atoms with Crippen molar-refractivity contribution in [1.29, 1.82) is 0 Å². The Kier molecular flexibility index (Phi) is 4.56. The van der Waals surface area contributed by atoms with Crippen LogP contribution in [0.15, 0.2) is 0 Å². The molecule has 0 saturated carbocycles. The Bertz CT molecular complexity index is 223. The lowest BCUT2D eigenvalue weighted by Gasteiger charge is -2.26. The lowest BCUT2D eigenvalue weighted by Crippen LogP contribution is -2.49. The van der Waals surface area contributed by atoms with Crippen molar-refractivity contribution in [3.8, 4) is 0 Å². The molecule has 2 saturated heterocycles. The Labute approximate surface area is 95.9 Å². The molecule has 2 fully saturated rings. The van der Waals surface area contributed by atoms with E-state index >= 15 is 0 Å². The van der Waals surface area contributed by atoms with E-state index in [-0.39, 0.29) is 18.1 Å². The normalized spacial score (nSPS) is 31.0. The second-order valence-electron chi connectivity index (χ2n) is 4.32. The first-order valence-corrected chi connectivity index (χ1v) is 6.07. The number of carbonyl (C=O) groups is 1. The first kappa shape index (κ1) is 11.8. The van der Waals surface area contributed by atoms with E-state index in [1.165, 1.54) is 6.42 Å². The summed E-state index contributed by atoms with van der Waals surface area (Å²) in [5.74, 6) is 0.0915.